The third-order valence-corrected chi connectivity index (χ3v) is 2.60. The zero-order valence-corrected chi connectivity index (χ0v) is 10.8. The van der Waals surface area contributed by atoms with Gasteiger partial charge in [0.15, 0.2) is 11.5 Å². The van der Waals surface area contributed by atoms with E-state index in [1.165, 1.54) is 36.7 Å². The van der Waals surface area contributed by atoms with Gasteiger partial charge in [-0.1, -0.05) is 12.1 Å². The molecule has 0 aliphatic carbocycles. The molecule has 0 saturated heterocycles. The van der Waals surface area contributed by atoms with Gasteiger partial charge in [0.05, 0.1) is 12.1 Å². The molecule has 0 radical (unpaired) electrons. The van der Waals surface area contributed by atoms with E-state index in [0.717, 1.165) is 0 Å². The number of nitrogens with zero attached hydrogens (tertiary/aromatic N) is 1. The van der Waals surface area contributed by atoms with Crippen molar-refractivity contribution in [3.05, 3.63) is 48.3 Å². The third-order valence-electron chi connectivity index (χ3n) is 2.31. The van der Waals surface area contributed by atoms with Crippen LogP contribution in [-0.4, -0.2) is 11.3 Å². The van der Waals surface area contributed by atoms with Gasteiger partial charge in [0.1, 0.15) is 5.75 Å². The Bertz CT molecular complexity index is 590. The first-order chi connectivity index (χ1) is 9.49. The van der Waals surface area contributed by atoms with Crippen molar-refractivity contribution in [2.75, 3.05) is 0 Å². The fourth-order valence-electron chi connectivity index (χ4n) is 1.47. The Morgan fingerprint density at radius 3 is 2.40 bits per heavy atom. The van der Waals surface area contributed by atoms with Crippen molar-refractivity contribution in [3.8, 4) is 17.2 Å². The first-order valence-corrected chi connectivity index (χ1v) is 6.04. The molecule has 0 amide bonds. The number of benzene rings is 1. The maximum atomic E-state index is 12.3. The van der Waals surface area contributed by atoms with E-state index in [1.54, 1.807) is 6.07 Å². The molecule has 2 rings (SSSR count). The second-order valence-electron chi connectivity index (χ2n) is 3.71. The zero-order chi connectivity index (χ0) is 14.6. The summed E-state index contributed by atoms with van der Waals surface area (Å²) in [4.78, 5) is 3.85. The summed E-state index contributed by atoms with van der Waals surface area (Å²) in [6, 6.07) is 7.11. The SMILES string of the molecule is FC(F)(F)Oc1ccccc1Oc1cnccc1CCl. The number of halogens is 4. The molecule has 0 unspecified atom stereocenters. The second kappa shape index (κ2) is 6.00. The Hall–Kier alpha value is -1.95. The molecule has 0 aliphatic heterocycles. The van der Waals surface area contributed by atoms with Crippen LogP contribution in [0.15, 0.2) is 42.7 Å². The summed E-state index contributed by atoms with van der Waals surface area (Å²) >= 11 is 5.73. The minimum atomic E-state index is -4.79. The number of ether oxygens (including phenoxy) is 2. The predicted octanol–water partition coefficient (Wildman–Crippen LogP) is 4.51. The third kappa shape index (κ3) is 3.77. The van der Waals surface area contributed by atoms with Gasteiger partial charge in [0, 0.05) is 11.8 Å². The minimum absolute atomic E-state index is 0.0656. The Morgan fingerprint density at radius 1 is 1.05 bits per heavy atom. The van der Waals surface area contributed by atoms with Crippen molar-refractivity contribution in [3.63, 3.8) is 0 Å². The highest BCUT2D eigenvalue weighted by Gasteiger charge is 2.32. The molecule has 0 saturated carbocycles. The van der Waals surface area contributed by atoms with Crippen LogP contribution in [0.4, 0.5) is 13.2 Å². The summed E-state index contributed by atoms with van der Waals surface area (Å²) < 4.78 is 46.2. The highest BCUT2D eigenvalue weighted by Crippen LogP contribution is 2.35. The first-order valence-electron chi connectivity index (χ1n) is 5.51. The molecular weight excluding hydrogens is 295 g/mol. The fraction of sp³-hybridized carbons (Fsp3) is 0.154. The van der Waals surface area contributed by atoms with E-state index in [-0.39, 0.29) is 17.4 Å². The van der Waals surface area contributed by atoms with Gasteiger partial charge in [-0.2, -0.15) is 0 Å². The maximum absolute atomic E-state index is 12.3. The van der Waals surface area contributed by atoms with Gasteiger partial charge in [-0.3, -0.25) is 4.98 Å². The van der Waals surface area contributed by atoms with Gasteiger partial charge in [-0.15, -0.1) is 24.8 Å². The summed E-state index contributed by atoms with van der Waals surface area (Å²) in [5.74, 6) is -0.0607. The van der Waals surface area contributed by atoms with E-state index in [9.17, 15) is 13.2 Å². The Kier molecular flexibility index (Phi) is 4.34. The van der Waals surface area contributed by atoms with Crippen LogP contribution in [0, 0.1) is 0 Å². The summed E-state index contributed by atoms with van der Waals surface area (Å²) in [6.07, 6.45) is -1.89. The van der Waals surface area contributed by atoms with E-state index in [0.29, 0.717) is 5.56 Å². The largest absolute Gasteiger partial charge is 0.573 e. The number of pyridine rings is 1. The number of alkyl halides is 4. The van der Waals surface area contributed by atoms with Crippen molar-refractivity contribution in [1.29, 1.82) is 0 Å². The predicted molar refractivity (Wildman–Crippen MR) is 67.0 cm³/mol. The van der Waals surface area contributed by atoms with Crippen molar-refractivity contribution in [2.45, 2.75) is 12.2 Å². The highest BCUT2D eigenvalue weighted by atomic mass is 35.5. The van der Waals surface area contributed by atoms with Crippen LogP contribution in [-0.2, 0) is 5.88 Å². The monoisotopic (exact) mass is 303 g/mol. The molecule has 3 nitrogen and oxygen atoms in total. The molecule has 0 aliphatic rings. The molecule has 0 spiro atoms. The molecule has 0 N–H and O–H groups in total. The molecule has 2 aromatic rings. The lowest BCUT2D eigenvalue weighted by Gasteiger charge is -2.14. The van der Waals surface area contributed by atoms with Crippen LogP contribution in [0.2, 0.25) is 0 Å². The molecule has 1 heterocycles. The molecule has 0 bridgehead atoms. The van der Waals surface area contributed by atoms with Crippen molar-refractivity contribution in [1.82, 2.24) is 4.98 Å². The quantitative estimate of drug-likeness (QED) is 0.779. The molecule has 0 fully saturated rings. The van der Waals surface area contributed by atoms with Crippen molar-refractivity contribution in [2.24, 2.45) is 0 Å². The lowest BCUT2D eigenvalue weighted by atomic mass is 10.2. The number of hydrogen-bond donors (Lipinski definition) is 0. The highest BCUT2D eigenvalue weighted by molar-refractivity contribution is 6.17. The average molecular weight is 304 g/mol. The van der Waals surface area contributed by atoms with E-state index in [2.05, 4.69) is 9.72 Å². The van der Waals surface area contributed by atoms with Crippen LogP contribution in [0.25, 0.3) is 0 Å². The summed E-state index contributed by atoms with van der Waals surface area (Å²) in [7, 11) is 0. The van der Waals surface area contributed by atoms with Gasteiger partial charge in [-0.25, -0.2) is 0 Å². The van der Waals surface area contributed by atoms with Crippen LogP contribution >= 0.6 is 11.6 Å². The number of hydrogen-bond acceptors (Lipinski definition) is 3. The normalized spacial score (nSPS) is 11.2. The van der Waals surface area contributed by atoms with Gasteiger partial charge in [-0.05, 0) is 18.2 Å². The van der Waals surface area contributed by atoms with Crippen molar-refractivity contribution >= 4 is 11.6 Å². The van der Waals surface area contributed by atoms with Crippen molar-refractivity contribution < 1.29 is 22.6 Å². The Labute approximate surface area is 117 Å². The van der Waals surface area contributed by atoms with Gasteiger partial charge in [0.25, 0.3) is 0 Å². The van der Waals surface area contributed by atoms with Gasteiger partial charge in [0.2, 0.25) is 0 Å². The molecule has 7 heteroatoms. The van der Waals surface area contributed by atoms with E-state index < -0.39 is 12.1 Å². The van der Waals surface area contributed by atoms with Gasteiger partial charge >= 0.3 is 6.36 Å². The molecule has 0 atom stereocenters. The first kappa shape index (κ1) is 14.5. The van der Waals surface area contributed by atoms with Crippen LogP contribution in [0.1, 0.15) is 5.56 Å². The fourth-order valence-corrected chi connectivity index (χ4v) is 1.69. The summed E-state index contributed by atoms with van der Waals surface area (Å²) in [5.41, 5.74) is 0.614. The molecule has 1 aromatic heterocycles. The van der Waals surface area contributed by atoms with Crippen LogP contribution < -0.4 is 9.47 Å². The molecule has 106 valence electrons. The number of rotatable bonds is 4. The smallest absolute Gasteiger partial charge is 0.452 e. The molecular formula is C13H9ClF3NO2. The summed E-state index contributed by atoms with van der Waals surface area (Å²) in [6.45, 7) is 0. The lowest BCUT2D eigenvalue weighted by molar-refractivity contribution is -0.275. The van der Waals surface area contributed by atoms with Crippen LogP contribution in [0.5, 0.6) is 17.2 Å². The standard InChI is InChI=1S/C13H9ClF3NO2/c14-7-9-5-6-18-8-12(9)19-10-3-1-2-4-11(10)20-13(15,16)17/h1-6,8H,7H2. The molecule has 1 aromatic carbocycles. The Morgan fingerprint density at radius 2 is 1.75 bits per heavy atom. The zero-order valence-electron chi connectivity index (χ0n) is 10.0. The average Bonchev–Trinajstić information content (AvgIpc) is 2.40. The maximum Gasteiger partial charge on any atom is 0.573 e. The Balaban J connectivity index is 2.29. The number of aromatic nitrogens is 1. The van der Waals surface area contributed by atoms with E-state index in [1.807, 2.05) is 0 Å². The topological polar surface area (TPSA) is 31.4 Å². The lowest BCUT2D eigenvalue weighted by Crippen LogP contribution is -2.17. The molecule has 20 heavy (non-hydrogen) atoms. The number of para-hydroxylation sites is 2. The minimum Gasteiger partial charge on any atom is -0.452 e. The summed E-state index contributed by atoms with van der Waals surface area (Å²) in [5, 5.41) is 0. The van der Waals surface area contributed by atoms with Crippen LogP contribution in [0.3, 0.4) is 0 Å². The van der Waals surface area contributed by atoms with E-state index >= 15 is 0 Å². The second-order valence-corrected chi connectivity index (χ2v) is 3.98. The van der Waals surface area contributed by atoms with E-state index in [4.69, 9.17) is 16.3 Å². The van der Waals surface area contributed by atoms with Gasteiger partial charge < -0.3 is 9.47 Å².